The van der Waals surface area contributed by atoms with Crippen LogP contribution in [0.15, 0.2) is 35.2 Å². The Balaban J connectivity index is 2.06. The van der Waals surface area contributed by atoms with Gasteiger partial charge in [0, 0.05) is 27.3 Å². The smallest absolute Gasteiger partial charge is 0.267 e. The molecule has 1 aliphatic heterocycles. The number of aliphatic hydroxyl groups excluding tert-OH is 1. The summed E-state index contributed by atoms with van der Waals surface area (Å²) < 4.78 is 45.5. The van der Waals surface area contributed by atoms with Crippen molar-refractivity contribution in [1.29, 1.82) is 0 Å². The molecule has 0 saturated heterocycles. The number of fused-ring (bicyclic) bond motifs is 1. The number of aliphatic hydroxyl groups is 1. The van der Waals surface area contributed by atoms with Crippen LogP contribution in [0, 0.1) is 5.82 Å². The second kappa shape index (κ2) is 6.02. The first kappa shape index (κ1) is 15.5. The second-order valence-electron chi connectivity index (χ2n) is 4.72. The lowest BCUT2D eigenvalue weighted by Crippen LogP contribution is -2.03. The molecular weight excluding hydrogens is 337 g/mol. The maximum absolute atomic E-state index is 13.4. The number of benzene rings is 2. The van der Waals surface area contributed by atoms with Gasteiger partial charge < -0.3 is 9.84 Å². The zero-order valence-corrected chi connectivity index (χ0v) is 12.6. The van der Waals surface area contributed by atoms with E-state index in [-0.39, 0.29) is 27.6 Å². The van der Waals surface area contributed by atoms with Crippen LogP contribution < -0.4 is 4.74 Å². The zero-order chi connectivity index (χ0) is 15.9. The fourth-order valence-corrected chi connectivity index (χ4v) is 3.63. The lowest BCUT2D eigenvalue weighted by atomic mass is 10.0. The van der Waals surface area contributed by atoms with Gasteiger partial charge in [0.15, 0.2) is 0 Å². The van der Waals surface area contributed by atoms with Crippen molar-refractivity contribution in [3.63, 3.8) is 0 Å². The van der Waals surface area contributed by atoms with Crippen LogP contribution in [0.5, 0.6) is 11.5 Å². The van der Waals surface area contributed by atoms with Crippen LogP contribution in [0.2, 0.25) is 5.02 Å². The standard InChI is InChI=1S/C15H10ClF3O2S/c16-7-3-8(17)5-9(4-7)21-11-1-2-12-13(10(20)6-22-12)14(11)15(18)19/h1-5,10,15,20H,6H2. The van der Waals surface area contributed by atoms with Crippen molar-refractivity contribution in [2.45, 2.75) is 17.4 Å². The van der Waals surface area contributed by atoms with Crippen molar-refractivity contribution in [1.82, 2.24) is 0 Å². The normalized spacial score (nSPS) is 16.9. The topological polar surface area (TPSA) is 29.5 Å². The molecule has 3 rings (SSSR count). The highest BCUT2D eigenvalue weighted by Gasteiger charge is 2.31. The summed E-state index contributed by atoms with van der Waals surface area (Å²) >= 11 is 7.03. The van der Waals surface area contributed by atoms with E-state index in [4.69, 9.17) is 16.3 Å². The largest absolute Gasteiger partial charge is 0.457 e. The van der Waals surface area contributed by atoms with Gasteiger partial charge in [0.25, 0.3) is 6.43 Å². The SMILES string of the molecule is OC1CSc2ccc(Oc3cc(F)cc(Cl)c3)c(C(F)F)c21. The summed E-state index contributed by atoms with van der Waals surface area (Å²) in [5, 5.41) is 10.0. The predicted octanol–water partition coefficient (Wildman–Crippen LogP) is 5.35. The van der Waals surface area contributed by atoms with Crippen molar-refractivity contribution < 1.29 is 23.0 Å². The third kappa shape index (κ3) is 2.91. The Morgan fingerprint density at radius 3 is 2.73 bits per heavy atom. The first-order valence-electron chi connectivity index (χ1n) is 6.35. The Kier molecular flexibility index (Phi) is 4.25. The van der Waals surface area contributed by atoms with Crippen molar-refractivity contribution in [3.05, 3.63) is 52.3 Å². The van der Waals surface area contributed by atoms with Gasteiger partial charge in [-0.05, 0) is 24.3 Å². The fourth-order valence-electron chi connectivity index (χ4n) is 2.35. The van der Waals surface area contributed by atoms with E-state index in [9.17, 15) is 18.3 Å². The molecule has 1 heterocycles. The van der Waals surface area contributed by atoms with Gasteiger partial charge in [0.1, 0.15) is 17.3 Å². The van der Waals surface area contributed by atoms with Crippen LogP contribution in [0.1, 0.15) is 23.7 Å². The number of halogens is 4. The van der Waals surface area contributed by atoms with Crippen molar-refractivity contribution >= 4 is 23.4 Å². The number of rotatable bonds is 3. The number of alkyl halides is 2. The van der Waals surface area contributed by atoms with Gasteiger partial charge in [0.05, 0.1) is 11.7 Å². The highest BCUT2D eigenvalue weighted by Crippen LogP contribution is 2.47. The Labute approximate surface area is 133 Å². The molecule has 1 atom stereocenters. The Bertz CT molecular complexity index is 704. The molecular formula is C15H10ClF3O2S. The first-order valence-corrected chi connectivity index (χ1v) is 7.72. The first-order chi connectivity index (χ1) is 10.5. The quantitative estimate of drug-likeness (QED) is 0.812. The molecule has 116 valence electrons. The summed E-state index contributed by atoms with van der Waals surface area (Å²) in [7, 11) is 0. The summed E-state index contributed by atoms with van der Waals surface area (Å²) in [6.45, 7) is 0. The van der Waals surface area contributed by atoms with Crippen LogP contribution in [0.25, 0.3) is 0 Å². The summed E-state index contributed by atoms with van der Waals surface area (Å²) in [6.07, 6.45) is -3.79. The third-order valence-electron chi connectivity index (χ3n) is 3.22. The molecule has 7 heteroatoms. The van der Waals surface area contributed by atoms with Crippen LogP contribution in [0.4, 0.5) is 13.2 Å². The Morgan fingerprint density at radius 2 is 2.05 bits per heavy atom. The molecule has 0 radical (unpaired) electrons. The Hall–Kier alpha value is -1.37. The molecule has 0 aliphatic carbocycles. The van der Waals surface area contributed by atoms with Crippen molar-refractivity contribution in [2.24, 2.45) is 0 Å². The molecule has 2 aromatic carbocycles. The maximum Gasteiger partial charge on any atom is 0.267 e. The number of hydrogen-bond donors (Lipinski definition) is 1. The zero-order valence-electron chi connectivity index (χ0n) is 11.0. The van der Waals surface area contributed by atoms with Gasteiger partial charge in [-0.3, -0.25) is 0 Å². The summed E-state index contributed by atoms with van der Waals surface area (Å²) in [5.41, 5.74) is -0.185. The highest BCUT2D eigenvalue weighted by molar-refractivity contribution is 7.99. The van der Waals surface area contributed by atoms with E-state index in [1.807, 2.05) is 0 Å². The van der Waals surface area contributed by atoms with E-state index in [1.54, 1.807) is 6.07 Å². The number of ether oxygens (including phenoxy) is 1. The fraction of sp³-hybridized carbons (Fsp3) is 0.200. The van der Waals surface area contributed by atoms with Crippen molar-refractivity contribution in [2.75, 3.05) is 5.75 Å². The summed E-state index contributed by atoms with van der Waals surface area (Å²) in [4.78, 5) is 0.604. The van der Waals surface area contributed by atoms with E-state index < -0.39 is 18.3 Å². The number of thioether (sulfide) groups is 1. The Morgan fingerprint density at radius 1 is 1.27 bits per heavy atom. The second-order valence-corrected chi connectivity index (χ2v) is 6.22. The molecule has 0 saturated carbocycles. The van der Waals surface area contributed by atoms with E-state index in [0.717, 1.165) is 12.1 Å². The van der Waals surface area contributed by atoms with E-state index in [0.29, 0.717) is 10.6 Å². The molecule has 2 nitrogen and oxygen atoms in total. The molecule has 0 bridgehead atoms. The molecule has 0 aromatic heterocycles. The van der Waals surface area contributed by atoms with Gasteiger partial charge in [0.2, 0.25) is 0 Å². The monoisotopic (exact) mass is 346 g/mol. The van der Waals surface area contributed by atoms with Crippen LogP contribution in [-0.4, -0.2) is 10.9 Å². The van der Waals surface area contributed by atoms with Gasteiger partial charge in [-0.15, -0.1) is 11.8 Å². The minimum atomic E-state index is -2.82. The molecule has 22 heavy (non-hydrogen) atoms. The molecule has 0 spiro atoms. The van der Waals surface area contributed by atoms with Crippen LogP contribution in [-0.2, 0) is 0 Å². The van der Waals surface area contributed by atoms with Crippen LogP contribution >= 0.6 is 23.4 Å². The maximum atomic E-state index is 13.4. The van der Waals surface area contributed by atoms with Gasteiger partial charge in [-0.2, -0.15) is 0 Å². The van der Waals surface area contributed by atoms with Crippen molar-refractivity contribution in [3.8, 4) is 11.5 Å². The molecule has 2 aromatic rings. The average Bonchev–Trinajstić information content (AvgIpc) is 2.79. The minimum absolute atomic E-state index is 0.0204. The molecule has 0 fully saturated rings. The molecule has 1 aliphatic rings. The molecule has 1 N–H and O–H groups in total. The van der Waals surface area contributed by atoms with E-state index >= 15 is 0 Å². The molecule has 0 amide bonds. The predicted molar refractivity (Wildman–Crippen MR) is 78.6 cm³/mol. The van der Waals surface area contributed by atoms with Gasteiger partial charge >= 0.3 is 0 Å². The summed E-state index contributed by atoms with van der Waals surface area (Å²) in [5.74, 6) is -0.397. The third-order valence-corrected chi connectivity index (χ3v) is 4.59. The lowest BCUT2D eigenvalue weighted by Gasteiger charge is -2.16. The molecule has 1 unspecified atom stereocenters. The van der Waals surface area contributed by atoms with Crippen LogP contribution in [0.3, 0.4) is 0 Å². The van der Waals surface area contributed by atoms with Gasteiger partial charge in [-0.25, -0.2) is 13.2 Å². The average molecular weight is 347 g/mol. The lowest BCUT2D eigenvalue weighted by molar-refractivity contribution is 0.137. The van der Waals surface area contributed by atoms with E-state index in [1.165, 1.54) is 23.9 Å². The van der Waals surface area contributed by atoms with E-state index in [2.05, 4.69) is 0 Å². The van der Waals surface area contributed by atoms with Gasteiger partial charge in [-0.1, -0.05) is 11.6 Å². The highest BCUT2D eigenvalue weighted by atomic mass is 35.5. The summed E-state index contributed by atoms with van der Waals surface area (Å²) in [6, 6.07) is 6.48. The number of hydrogen-bond acceptors (Lipinski definition) is 3. The minimum Gasteiger partial charge on any atom is -0.457 e.